The van der Waals surface area contributed by atoms with Crippen molar-refractivity contribution in [3.63, 3.8) is 0 Å². The first-order valence-corrected chi connectivity index (χ1v) is 8.77. The minimum atomic E-state index is 0.655. The molecule has 0 radical (unpaired) electrons. The molecule has 4 rings (SSSR count). The lowest BCUT2D eigenvalue weighted by molar-refractivity contribution is -0.648. The number of halogens is 1. The summed E-state index contributed by atoms with van der Waals surface area (Å²) in [6.07, 6.45) is 1.89. The van der Waals surface area contributed by atoms with Gasteiger partial charge in [0.2, 0.25) is 11.2 Å². The zero-order chi connectivity index (χ0) is 18.3. The fraction of sp³-hybridized carbons (Fsp3) is 0.0455. The predicted octanol–water partition coefficient (Wildman–Crippen LogP) is 4.95. The molecule has 0 spiro atoms. The zero-order valence-electron chi connectivity index (χ0n) is 14.2. The Morgan fingerprint density at radius 1 is 0.846 bits per heavy atom. The summed E-state index contributed by atoms with van der Waals surface area (Å²) in [5.41, 5.74) is 16.9. The van der Waals surface area contributed by atoms with Gasteiger partial charge in [0, 0.05) is 33.4 Å². The highest BCUT2D eigenvalue weighted by atomic mass is 35.5. The smallest absolute Gasteiger partial charge is 0.221 e. The van der Waals surface area contributed by atoms with E-state index in [2.05, 4.69) is 23.3 Å². The molecule has 0 amide bonds. The van der Waals surface area contributed by atoms with Crippen LogP contribution in [0.4, 0.5) is 11.4 Å². The van der Waals surface area contributed by atoms with E-state index in [1.165, 1.54) is 0 Å². The van der Waals surface area contributed by atoms with Crippen molar-refractivity contribution in [2.45, 2.75) is 6.54 Å². The second-order valence-corrected chi connectivity index (χ2v) is 6.77. The molecule has 0 unspecified atom stereocenters. The lowest BCUT2D eigenvalue weighted by Gasteiger charge is -2.12. The highest BCUT2D eigenvalue weighted by Gasteiger charge is 2.22. The van der Waals surface area contributed by atoms with Crippen LogP contribution in [-0.2, 0) is 6.54 Å². The van der Waals surface area contributed by atoms with Crippen molar-refractivity contribution in [1.82, 2.24) is 0 Å². The third-order valence-corrected chi connectivity index (χ3v) is 4.85. The van der Waals surface area contributed by atoms with Gasteiger partial charge in [-0.05, 0) is 54.6 Å². The second-order valence-electron chi connectivity index (χ2n) is 6.34. The fourth-order valence-corrected chi connectivity index (χ4v) is 3.62. The Labute approximate surface area is 157 Å². The summed E-state index contributed by atoms with van der Waals surface area (Å²) in [5, 5.41) is 4.07. The van der Waals surface area contributed by atoms with Gasteiger partial charge in [0.1, 0.15) is 0 Å². The van der Waals surface area contributed by atoms with Crippen LogP contribution in [0.25, 0.3) is 32.9 Å². The Morgan fingerprint density at radius 3 is 2.19 bits per heavy atom. The van der Waals surface area contributed by atoms with Crippen molar-refractivity contribution in [1.29, 1.82) is 0 Å². The molecule has 3 aromatic carbocycles. The molecule has 4 aromatic rings. The molecule has 1 aromatic heterocycles. The van der Waals surface area contributed by atoms with Crippen molar-refractivity contribution in [3.8, 4) is 11.3 Å². The molecule has 0 bridgehead atoms. The zero-order valence-corrected chi connectivity index (χ0v) is 15.0. The Morgan fingerprint density at radius 2 is 1.50 bits per heavy atom. The number of pyridine rings is 1. The number of nitrogens with zero attached hydrogens (tertiary/aromatic N) is 1. The number of benzene rings is 3. The third-order valence-electron chi connectivity index (χ3n) is 4.60. The summed E-state index contributed by atoms with van der Waals surface area (Å²) in [6, 6.07) is 19.9. The molecular weight excluding hydrogens is 342 g/mol. The number of aromatic nitrogens is 1. The molecule has 26 heavy (non-hydrogen) atoms. The van der Waals surface area contributed by atoms with Crippen LogP contribution in [0.3, 0.4) is 0 Å². The Hall–Kier alpha value is -3.04. The molecule has 0 saturated heterocycles. The van der Waals surface area contributed by atoms with Crippen LogP contribution in [0.1, 0.15) is 0 Å². The first-order valence-electron chi connectivity index (χ1n) is 8.39. The molecule has 4 heteroatoms. The maximum Gasteiger partial charge on any atom is 0.221 e. The summed E-state index contributed by atoms with van der Waals surface area (Å²) < 4.78 is 2.23. The van der Waals surface area contributed by atoms with Crippen molar-refractivity contribution >= 4 is 44.7 Å². The van der Waals surface area contributed by atoms with Gasteiger partial charge in [-0.2, -0.15) is 4.57 Å². The van der Waals surface area contributed by atoms with Gasteiger partial charge in [-0.1, -0.05) is 24.2 Å². The molecule has 0 atom stereocenters. The van der Waals surface area contributed by atoms with E-state index < -0.39 is 0 Å². The predicted molar refractivity (Wildman–Crippen MR) is 111 cm³/mol. The van der Waals surface area contributed by atoms with E-state index in [0.717, 1.165) is 44.3 Å². The van der Waals surface area contributed by atoms with Crippen LogP contribution in [0.15, 0.2) is 73.3 Å². The van der Waals surface area contributed by atoms with Gasteiger partial charge in [-0.3, -0.25) is 0 Å². The second kappa shape index (κ2) is 6.36. The SMILES string of the molecule is C=CC[n+]1c(-c2ccc(Cl)cc2)c2cc(N)ccc2c2ccc(N)cc21. The van der Waals surface area contributed by atoms with Crippen LogP contribution in [0.2, 0.25) is 5.02 Å². The van der Waals surface area contributed by atoms with E-state index in [-0.39, 0.29) is 0 Å². The number of rotatable bonds is 3. The largest absolute Gasteiger partial charge is 0.399 e. The molecular formula is C22H19ClN3+. The van der Waals surface area contributed by atoms with Gasteiger partial charge in [-0.15, -0.1) is 0 Å². The van der Waals surface area contributed by atoms with Gasteiger partial charge in [0.15, 0.2) is 6.54 Å². The van der Waals surface area contributed by atoms with Crippen LogP contribution in [-0.4, -0.2) is 0 Å². The summed E-state index contributed by atoms with van der Waals surface area (Å²) >= 11 is 6.10. The monoisotopic (exact) mass is 360 g/mol. The van der Waals surface area contributed by atoms with Crippen LogP contribution in [0, 0.1) is 0 Å². The molecule has 0 aliphatic carbocycles. The number of hydrogen-bond acceptors (Lipinski definition) is 2. The minimum Gasteiger partial charge on any atom is -0.399 e. The third kappa shape index (κ3) is 2.67. The molecule has 0 fully saturated rings. The summed E-state index contributed by atoms with van der Waals surface area (Å²) in [4.78, 5) is 0. The van der Waals surface area contributed by atoms with Crippen LogP contribution in [0.5, 0.6) is 0 Å². The summed E-state index contributed by atoms with van der Waals surface area (Å²) in [5.74, 6) is 0. The van der Waals surface area contributed by atoms with Gasteiger partial charge >= 0.3 is 0 Å². The number of hydrogen-bond donors (Lipinski definition) is 2. The van der Waals surface area contributed by atoms with Crippen LogP contribution < -0.4 is 16.0 Å². The van der Waals surface area contributed by atoms with Gasteiger partial charge in [0.25, 0.3) is 0 Å². The van der Waals surface area contributed by atoms with Gasteiger partial charge < -0.3 is 11.5 Å². The lowest BCUT2D eigenvalue weighted by atomic mass is 9.98. The highest BCUT2D eigenvalue weighted by Crippen LogP contribution is 2.33. The molecule has 0 saturated carbocycles. The molecule has 0 aliphatic heterocycles. The first kappa shape index (κ1) is 16.4. The van der Waals surface area contributed by atoms with Crippen molar-refractivity contribution in [2.75, 3.05) is 11.5 Å². The number of nitrogens with two attached hydrogens (primary N) is 2. The Bertz CT molecular complexity index is 1150. The van der Waals surface area contributed by atoms with Gasteiger partial charge in [-0.25, -0.2) is 0 Å². The van der Waals surface area contributed by atoms with Crippen molar-refractivity contribution in [2.24, 2.45) is 0 Å². The number of allylic oxidation sites excluding steroid dienone is 1. The van der Waals surface area contributed by atoms with Gasteiger partial charge in [0.05, 0.1) is 10.8 Å². The van der Waals surface area contributed by atoms with Crippen molar-refractivity contribution < 1.29 is 4.57 Å². The quantitative estimate of drug-likeness (QED) is 0.235. The standard InChI is InChI=1S/C22H18ClN3/c1-2-11-26-21-13-17(25)8-10-19(21)18-9-7-16(24)12-20(18)22(26)14-3-5-15(23)6-4-14/h2-10,12-13,25H,1,11,24H2/p+1. The molecule has 3 nitrogen and oxygen atoms in total. The topological polar surface area (TPSA) is 55.9 Å². The van der Waals surface area contributed by atoms with Crippen molar-refractivity contribution in [3.05, 3.63) is 78.3 Å². The number of anilines is 2. The fourth-order valence-electron chi connectivity index (χ4n) is 3.50. The van der Waals surface area contributed by atoms with E-state index in [9.17, 15) is 0 Å². The van der Waals surface area contributed by atoms with E-state index >= 15 is 0 Å². The molecule has 128 valence electrons. The van der Waals surface area contributed by atoms with E-state index in [0.29, 0.717) is 11.6 Å². The molecule has 1 heterocycles. The maximum atomic E-state index is 6.12. The minimum absolute atomic E-state index is 0.655. The number of fused-ring (bicyclic) bond motifs is 3. The first-order chi connectivity index (χ1) is 12.6. The maximum absolute atomic E-state index is 6.12. The van der Waals surface area contributed by atoms with E-state index in [4.69, 9.17) is 23.1 Å². The van der Waals surface area contributed by atoms with Crippen LogP contribution >= 0.6 is 11.6 Å². The highest BCUT2D eigenvalue weighted by molar-refractivity contribution is 6.30. The average Bonchev–Trinajstić information content (AvgIpc) is 2.63. The Balaban J connectivity index is 2.24. The average molecular weight is 361 g/mol. The number of nitrogen functional groups attached to an aromatic ring is 2. The molecule has 0 aliphatic rings. The lowest BCUT2D eigenvalue weighted by Crippen LogP contribution is -2.37. The van der Waals surface area contributed by atoms with E-state index in [1.54, 1.807) is 0 Å². The van der Waals surface area contributed by atoms with E-state index in [1.807, 2.05) is 54.6 Å². The Kier molecular flexibility index (Phi) is 4.02. The normalized spacial score (nSPS) is 11.1. The molecule has 4 N–H and O–H groups in total. The summed E-state index contributed by atoms with van der Waals surface area (Å²) in [7, 11) is 0. The summed E-state index contributed by atoms with van der Waals surface area (Å²) in [6.45, 7) is 4.59.